The summed E-state index contributed by atoms with van der Waals surface area (Å²) in [6, 6.07) is 1.77. The quantitative estimate of drug-likeness (QED) is 0.683. The third-order valence-corrected chi connectivity index (χ3v) is 8.41. The van der Waals surface area contributed by atoms with Gasteiger partial charge < -0.3 is 9.26 Å². The molecule has 1 saturated heterocycles. The molecule has 2 heterocycles. The Kier molecular flexibility index (Phi) is 6.33. The Balaban J connectivity index is 2.09. The van der Waals surface area contributed by atoms with Crippen LogP contribution in [-0.4, -0.2) is 43.1 Å². The molecule has 0 spiro atoms. The Morgan fingerprint density at radius 3 is 2.42 bits per heavy atom. The molecule has 1 aliphatic rings. The topological polar surface area (TPSA) is 86.5 Å². The molecule has 1 aromatic rings. The van der Waals surface area contributed by atoms with Crippen molar-refractivity contribution < 1.29 is 22.5 Å². The van der Waals surface area contributed by atoms with Gasteiger partial charge in [0.15, 0.2) is 15.6 Å². The van der Waals surface area contributed by atoms with Crippen molar-refractivity contribution in [2.24, 2.45) is 5.92 Å². The molecule has 0 aliphatic carbocycles. The number of ether oxygens (including phenoxy) is 1. The SMILES string of the molecule is CCC(C)(C)c1cc(CC(=O)C(C)(C)S(=O)(=O)CC2CCOCC2)on1. The van der Waals surface area contributed by atoms with E-state index in [9.17, 15) is 13.2 Å². The predicted molar refractivity (Wildman–Crippen MR) is 99.9 cm³/mol. The minimum Gasteiger partial charge on any atom is -0.381 e. The van der Waals surface area contributed by atoms with Crippen molar-refractivity contribution in [2.75, 3.05) is 19.0 Å². The minimum absolute atomic E-state index is 0.0274. The molecular weight excluding hydrogens is 354 g/mol. The zero-order chi connectivity index (χ0) is 19.6. The number of rotatable bonds is 8. The van der Waals surface area contributed by atoms with Crippen LogP contribution in [0, 0.1) is 5.92 Å². The summed E-state index contributed by atoms with van der Waals surface area (Å²) in [6.07, 6.45) is 2.27. The maximum atomic E-state index is 12.9. The largest absolute Gasteiger partial charge is 0.381 e. The summed E-state index contributed by atoms with van der Waals surface area (Å²) in [5.41, 5.74) is 0.640. The molecule has 0 saturated carbocycles. The number of nitrogens with zero attached hydrogens (tertiary/aromatic N) is 1. The van der Waals surface area contributed by atoms with E-state index in [1.807, 2.05) is 0 Å². The van der Waals surface area contributed by atoms with Crippen molar-refractivity contribution in [1.82, 2.24) is 5.16 Å². The highest BCUT2D eigenvalue weighted by Gasteiger charge is 2.42. The Hall–Kier alpha value is -1.21. The maximum Gasteiger partial charge on any atom is 0.162 e. The molecule has 0 atom stereocenters. The van der Waals surface area contributed by atoms with Gasteiger partial charge in [0.1, 0.15) is 10.5 Å². The molecule has 6 nitrogen and oxygen atoms in total. The fourth-order valence-corrected chi connectivity index (χ4v) is 4.66. The highest BCUT2D eigenvalue weighted by molar-refractivity contribution is 7.93. The van der Waals surface area contributed by atoms with Gasteiger partial charge in [-0.15, -0.1) is 0 Å². The fourth-order valence-electron chi connectivity index (χ4n) is 2.87. The molecule has 1 aromatic heterocycles. The predicted octanol–water partition coefficient (Wildman–Crippen LogP) is 3.09. The minimum atomic E-state index is -3.57. The van der Waals surface area contributed by atoms with Crippen LogP contribution in [0.1, 0.15) is 65.3 Å². The lowest BCUT2D eigenvalue weighted by Gasteiger charge is -2.28. The first kappa shape index (κ1) is 21.1. The number of ketones is 1. The zero-order valence-electron chi connectivity index (χ0n) is 16.5. The fraction of sp³-hybridized carbons (Fsp3) is 0.789. The van der Waals surface area contributed by atoms with Crippen LogP contribution in [0.25, 0.3) is 0 Å². The molecular formula is C19H31NO5S. The zero-order valence-corrected chi connectivity index (χ0v) is 17.3. The van der Waals surface area contributed by atoms with Crippen LogP contribution in [0.2, 0.25) is 0 Å². The average molecular weight is 386 g/mol. The lowest BCUT2D eigenvalue weighted by atomic mass is 9.86. The number of Topliss-reactive ketones (excluding diaryl/α,β-unsaturated/α-hetero) is 1. The molecule has 1 fully saturated rings. The van der Waals surface area contributed by atoms with Gasteiger partial charge in [0.2, 0.25) is 0 Å². The normalized spacial score (nSPS) is 17.4. The van der Waals surface area contributed by atoms with E-state index in [0.29, 0.717) is 19.0 Å². The van der Waals surface area contributed by atoms with Gasteiger partial charge in [0.25, 0.3) is 0 Å². The molecule has 1 aliphatic heterocycles. The third kappa shape index (κ3) is 4.55. The molecule has 0 amide bonds. The molecule has 2 rings (SSSR count). The highest BCUT2D eigenvalue weighted by Crippen LogP contribution is 2.29. The summed E-state index contributed by atoms with van der Waals surface area (Å²) in [5.74, 6) is 0.144. The van der Waals surface area contributed by atoms with Crippen LogP contribution in [0.5, 0.6) is 0 Å². The second-order valence-corrected chi connectivity index (χ2v) is 10.9. The van der Waals surface area contributed by atoms with Gasteiger partial charge in [-0.2, -0.15) is 0 Å². The first-order chi connectivity index (χ1) is 12.0. The Bertz CT molecular complexity index is 727. The van der Waals surface area contributed by atoms with E-state index in [4.69, 9.17) is 9.26 Å². The van der Waals surface area contributed by atoms with E-state index >= 15 is 0 Å². The summed E-state index contributed by atoms with van der Waals surface area (Å²) >= 11 is 0. The van der Waals surface area contributed by atoms with Gasteiger partial charge >= 0.3 is 0 Å². The molecule has 7 heteroatoms. The smallest absolute Gasteiger partial charge is 0.162 e. The Morgan fingerprint density at radius 2 is 1.85 bits per heavy atom. The molecule has 0 aromatic carbocycles. The van der Waals surface area contributed by atoms with Gasteiger partial charge in [-0.05, 0) is 39.0 Å². The molecule has 0 bridgehead atoms. The van der Waals surface area contributed by atoms with Crippen LogP contribution >= 0.6 is 0 Å². The first-order valence-electron chi connectivity index (χ1n) is 9.29. The standard InChI is InChI=1S/C19H31NO5S/c1-6-18(2,3)16-11-15(25-20-16)12-17(21)19(4,5)26(22,23)13-14-7-9-24-10-8-14/h11,14H,6-10,12-13H2,1-5H3. The molecule has 0 unspecified atom stereocenters. The lowest BCUT2D eigenvalue weighted by molar-refractivity contribution is -0.120. The van der Waals surface area contributed by atoms with Crippen LogP contribution < -0.4 is 0 Å². The van der Waals surface area contributed by atoms with E-state index in [2.05, 4.69) is 25.9 Å². The summed E-state index contributed by atoms with van der Waals surface area (Å²) < 4.78 is 34.8. The maximum absolute atomic E-state index is 12.9. The van der Waals surface area contributed by atoms with Crippen molar-refractivity contribution in [1.29, 1.82) is 0 Å². The number of sulfone groups is 1. The van der Waals surface area contributed by atoms with E-state index in [1.165, 1.54) is 13.8 Å². The number of carbonyl (C=O) groups excluding carboxylic acids is 1. The van der Waals surface area contributed by atoms with Crippen molar-refractivity contribution in [3.8, 4) is 0 Å². The van der Waals surface area contributed by atoms with E-state index in [1.54, 1.807) is 6.07 Å². The second kappa shape index (κ2) is 7.80. The molecule has 26 heavy (non-hydrogen) atoms. The average Bonchev–Trinajstić information content (AvgIpc) is 3.04. The summed E-state index contributed by atoms with van der Waals surface area (Å²) in [7, 11) is -3.57. The number of aromatic nitrogens is 1. The van der Waals surface area contributed by atoms with Crippen molar-refractivity contribution in [3.05, 3.63) is 17.5 Å². The number of hydrogen-bond acceptors (Lipinski definition) is 6. The van der Waals surface area contributed by atoms with Crippen molar-refractivity contribution >= 4 is 15.6 Å². The monoisotopic (exact) mass is 385 g/mol. The molecule has 0 radical (unpaired) electrons. The summed E-state index contributed by atoms with van der Waals surface area (Å²) in [6.45, 7) is 10.3. The molecule has 148 valence electrons. The Labute approximate surface area is 156 Å². The summed E-state index contributed by atoms with van der Waals surface area (Å²) in [4.78, 5) is 12.8. The second-order valence-electron chi connectivity index (χ2n) is 8.36. The van der Waals surface area contributed by atoms with E-state index in [-0.39, 0.29) is 29.3 Å². The highest BCUT2D eigenvalue weighted by atomic mass is 32.2. The van der Waals surface area contributed by atoms with Crippen LogP contribution in [0.3, 0.4) is 0 Å². The van der Waals surface area contributed by atoms with Crippen LogP contribution in [0.15, 0.2) is 10.6 Å². The first-order valence-corrected chi connectivity index (χ1v) is 10.9. The lowest BCUT2D eigenvalue weighted by Crippen LogP contribution is -2.44. The number of carbonyl (C=O) groups is 1. The van der Waals surface area contributed by atoms with E-state index in [0.717, 1.165) is 25.0 Å². The van der Waals surface area contributed by atoms with Gasteiger partial charge in [0, 0.05) is 24.7 Å². The van der Waals surface area contributed by atoms with Gasteiger partial charge in [0.05, 0.1) is 17.9 Å². The van der Waals surface area contributed by atoms with Crippen molar-refractivity contribution in [3.63, 3.8) is 0 Å². The molecule has 0 N–H and O–H groups in total. The number of hydrogen-bond donors (Lipinski definition) is 0. The van der Waals surface area contributed by atoms with E-state index < -0.39 is 14.6 Å². The van der Waals surface area contributed by atoms with Crippen LogP contribution in [-0.2, 0) is 31.2 Å². The van der Waals surface area contributed by atoms with Gasteiger partial charge in [-0.3, -0.25) is 4.79 Å². The van der Waals surface area contributed by atoms with Gasteiger partial charge in [-0.25, -0.2) is 8.42 Å². The Morgan fingerprint density at radius 1 is 1.23 bits per heavy atom. The van der Waals surface area contributed by atoms with Gasteiger partial charge in [-0.1, -0.05) is 25.9 Å². The third-order valence-electron chi connectivity index (χ3n) is 5.72. The summed E-state index contributed by atoms with van der Waals surface area (Å²) in [5, 5.41) is 4.06. The van der Waals surface area contributed by atoms with Crippen LogP contribution in [0.4, 0.5) is 0 Å². The van der Waals surface area contributed by atoms with Crippen molar-refractivity contribution in [2.45, 2.75) is 70.5 Å².